The molecule has 2 N–H and O–H groups in total. The standard InChI is InChI=1S/C25H24N6O3/c1-34-14-12-27-22-15-23(28-16-19(22)8-9-20-6-2-3-11-26-20)30-25(33)31-13-4-5-18-7-10-21(17-32)29-24(18)31/h2-3,6-7,10-11,15-17H,4-5,12-14H2,1H3,(H2,27,28,30,33). The zero-order valence-electron chi connectivity index (χ0n) is 18.7. The molecule has 0 aliphatic carbocycles. The smallest absolute Gasteiger partial charge is 0.328 e. The molecule has 9 nitrogen and oxygen atoms in total. The van der Waals surface area contributed by atoms with Crippen molar-refractivity contribution in [2.45, 2.75) is 12.8 Å². The van der Waals surface area contributed by atoms with E-state index < -0.39 is 0 Å². The van der Waals surface area contributed by atoms with Crippen LogP contribution in [0, 0.1) is 11.8 Å². The van der Waals surface area contributed by atoms with Crippen molar-refractivity contribution < 1.29 is 14.3 Å². The van der Waals surface area contributed by atoms with E-state index in [-0.39, 0.29) is 11.7 Å². The number of aromatic nitrogens is 3. The molecular weight excluding hydrogens is 432 g/mol. The van der Waals surface area contributed by atoms with Crippen molar-refractivity contribution in [2.75, 3.05) is 42.3 Å². The molecule has 0 saturated heterocycles. The van der Waals surface area contributed by atoms with Gasteiger partial charge in [-0.15, -0.1) is 0 Å². The highest BCUT2D eigenvalue weighted by Gasteiger charge is 2.25. The molecule has 0 unspecified atom stereocenters. The molecule has 4 heterocycles. The number of carbonyl (C=O) groups excluding carboxylic acids is 2. The van der Waals surface area contributed by atoms with Crippen LogP contribution >= 0.6 is 0 Å². The van der Waals surface area contributed by atoms with E-state index in [0.717, 1.165) is 18.4 Å². The van der Waals surface area contributed by atoms with Gasteiger partial charge < -0.3 is 10.1 Å². The van der Waals surface area contributed by atoms with Gasteiger partial charge in [0.05, 0.1) is 17.9 Å². The molecule has 0 atom stereocenters. The Balaban J connectivity index is 1.56. The first-order valence-corrected chi connectivity index (χ1v) is 10.9. The first-order valence-electron chi connectivity index (χ1n) is 10.9. The molecule has 0 saturated carbocycles. The molecule has 0 fully saturated rings. The van der Waals surface area contributed by atoms with Gasteiger partial charge in [-0.3, -0.25) is 15.0 Å². The highest BCUT2D eigenvalue weighted by molar-refractivity contribution is 6.01. The molecular formula is C25H24N6O3. The van der Waals surface area contributed by atoms with Crippen LogP contribution in [-0.2, 0) is 11.2 Å². The van der Waals surface area contributed by atoms with Crippen LogP contribution in [0.3, 0.4) is 0 Å². The molecule has 0 aromatic carbocycles. The molecule has 0 spiro atoms. The quantitative estimate of drug-likeness (QED) is 0.333. The normalized spacial score (nSPS) is 12.2. The summed E-state index contributed by atoms with van der Waals surface area (Å²) in [7, 11) is 1.63. The Morgan fingerprint density at radius 3 is 2.94 bits per heavy atom. The van der Waals surface area contributed by atoms with E-state index in [1.165, 1.54) is 0 Å². The number of carbonyl (C=O) groups is 2. The van der Waals surface area contributed by atoms with Gasteiger partial charge >= 0.3 is 6.03 Å². The maximum absolute atomic E-state index is 13.1. The molecule has 4 rings (SSSR count). The van der Waals surface area contributed by atoms with Crippen molar-refractivity contribution in [2.24, 2.45) is 0 Å². The number of nitrogens with zero attached hydrogens (tertiary/aromatic N) is 4. The largest absolute Gasteiger partial charge is 0.383 e. The summed E-state index contributed by atoms with van der Waals surface area (Å²) in [6.07, 6.45) is 5.58. The topological polar surface area (TPSA) is 109 Å². The Bertz CT molecular complexity index is 1240. The molecule has 34 heavy (non-hydrogen) atoms. The lowest BCUT2D eigenvalue weighted by Crippen LogP contribution is -2.39. The number of amides is 2. The number of rotatable bonds is 6. The first kappa shape index (κ1) is 22.9. The predicted octanol–water partition coefficient (Wildman–Crippen LogP) is 3.13. The van der Waals surface area contributed by atoms with Crippen LogP contribution in [0.1, 0.15) is 33.7 Å². The van der Waals surface area contributed by atoms with Gasteiger partial charge in [-0.1, -0.05) is 18.1 Å². The molecule has 3 aromatic heterocycles. The summed E-state index contributed by atoms with van der Waals surface area (Å²) in [5.74, 6) is 6.97. The molecule has 1 aliphatic heterocycles. The van der Waals surface area contributed by atoms with Gasteiger partial charge in [0.1, 0.15) is 23.0 Å². The van der Waals surface area contributed by atoms with Crippen molar-refractivity contribution in [3.8, 4) is 11.8 Å². The predicted molar refractivity (Wildman–Crippen MR) is 129 cm³/mol. The van der Waals surface area contributed by atoms with Crippen molar-refractivity contribution in [1.82, 2.24) is 15.0 Å². The second-order valence-corrected chi connectivity index (χ2v) is 7.52. The highest BCUT2D eigenvalue weighted by atomic mass is 16.5. The lowest BCUT2D eigenvalue weighted by Gasteiger charge is -2.28. The van der Waals surface area contributed by atoms with E-state index in [0.29, 0.717) is 54.6 Å². The average molecular weight is 457 g/mol. The molecule has 9 heteroatoms. The molecule has 3 aromatic rings. The second-order valence-electron chi connectivity index (χ2n) is 7.52. The lowest BCUT2D eigenvalue weighted by atomic mass is 10.1. The van der Waals surface area contributed by atoms with Crippen molar-refractivity contribution >= 4 is 29.6 Å². The fourth-order valence-corrected chi connectivity index (χ4v) is 3.52. The van der Waals surface area contributed by atoms with E-state index in [9.17, 15) is 9.59 Å². The summed E-state index contributed by atoms with van der Waals surface area (Å²) in [4.78, 5) is 38.7. The van der Waals surface area contributed by atoms with Crippen LogP contribution in [-0.4, -0.2) is 54.1 Å². The zero-order valence-corrected chi connectivity index (χ0v) is 18.7. The van der Waals surface area contributed by atoms with E-state index >= 15 is 0 Å². The Kier molecular flexibility index (Phi) is 7.42. The molecule has 0 radical (unpaired) electrons. The number of aldehydes is 1. The van der Waals surface area contributed by atoms with Crippen LogP contribution in [0.25, 0.3) is 0 Å². The zero-order chi connectivity index (χ0) is 23.8. The number of pyridine rings is 3. The fourth-order valence-electron chi connectivity index (χ4n) is 3.52. The number of anilines is 3. The highest BCUT2D eigenvalue weighted by Crippen LogP contribution is 2.26. The van der Waals surface area contributed by atoms with Crippen LogP contribution < -0.4 is 15.5 Å². The summed E-state index contributed by atoms with van der Waals surface area (Å²) >= 11 is 0. The number of methoxy groups -OCH3 is 1. The van der Waals surface area contributed by atoms with Crippen LogP contribution in [0.5, 0.6) is 0 Å². The number of urea groups is 1. The van der Waals surface area contributed by atoms with Crippen LogP contribution in [0.2, 0.25) is 0 Å². The third-order valence-electron chi connectivity index (χ3n) is 5.18. The summed E-state index contributed by atoms with van der Waals surface area (Å²) < 4.78 is 5.13. The third kappa shape index (κ3) is 5.54. The van der Waals surface area contributed by atoms with Gasteiger partial charge in [0.15, 0.2) is 6.29 Å². The monoisotopic (exact) mass is 456 g/mol. The molecule has 172 valence electrons. The summed E-state index contributed by atoms with van der Waals surface area (Å²) in [5.41, 5.74) is 3.25. The van der Waals surface area contributed by atoms with E-state index in [4.69, 9.17) is 4.74 Å². The fraction of sp³-hybridized carbons (Fsp3) is 0.240. The second kappa shape index (κ2) is 11.0. The Morgan fingerprint density at radius 1 is 1.24 bits per heavy atom. The molecule has 2 amide bonds. The minimum absolute atomic E-state index is 0.289. The Hall–Kier alpha value is -4.29. The number of fused-ring (bicyclic) bond motifs is 1. The Labute approximate surface area is 197 Å². The van der Waals surface area contributed by atoms with Crippen LogP contribution in [0.4, 0.5) is 22.1 Å². The van der Waals surface area contributed by atoms with Crippen molar-refractivity contribution in [1.29, 1.82) is 0 Å². The van der Waals surface area contributed by atoms with Crippen LogP contribution in [0.15, 0.2) is 48.8 Å². The number of aryl methyl sites for hydroxylation is 1. The van der Waals surface area contributed by atoms with E-state index in [1.54, 1.807) is 36.5 Å². The lowest BCUT2D eigenvalue weighted by molar-refractivity contribution is 0.111. The van der Waals surface area contributed by atoms with Gasteiger partial charge in [-0.05, 0) is 42.5 Å². The minimum Gasteiger partial charge on any atom is -0.383 e. The maximum Gasteiger partial charge on any atom is 0.328 e. The average Bonchev–Trinajstić information content (AvgIpc) is 2.88. The number of hydrogen-bond acceptors (Lipinski definition) is 7. The van der Waals surface area contributed by atoms with Gasteiger partial charge in [-0.25, -0.2) is 19.7 Å². The summed E-state index contributed by atoms with van der Waals surface area (Å²) in [6, 6.07) is 10.4. The summed E-state index contributed by atoms with van der Waals surface area (Å²) in [6.45, 7) is 1.57. The van der Waals surface area contributed by atoms with Gasteiger partial charge in [-0.2, -0.15) is 0 Å². The van der Waals surface area contributed by atoms with E-state index in [2.05, 4.69) is 37.4 Å². The number of hydrogen-bond donors (Lipinski definition) is 2. The maximum atomic E-state index is 13.1. The Morgan fingerprint density at radius 2 is 2.15 bits per heavy atom. The van der Waals surface area contributed by atoms with E-state index in [1.807, 2.05) is 24.3 Å². The SMILES string of the molecule is COCCNc1cc(NC(=O)N2CCCc3ccc(C=O)nc32)ncc1C#Cc1ccccn1. The van der Waals surface area contributed by atoms with Crippen molar-refractivity contribution in [3.05, 3.63) is 71.3 Å². The minimum atomic E-state index is -0.362. The summed E-state index contributed by atoms with van der Waals surface area (Å²) in [5, 5.41) is 6.11. The van der Waals surface area contributed by atoms with Crippen molar-refractivity contribution in [3.63, 3.8) is 0 Å². The number of ether oxygens (including phenoxy) is 1. The van der Waals surface area contributed by atoms with Gasteiger partial charge in [0, 0.05) is 38.7 Å². The van der Waals surface area contributed by atoms with Gasteiger partial charge in [0.25, 0.3) is 0 Å². The first-order chi connectivity index (χ1) is 16.7. The van der Waals surface area contributed by atoms with Gasteiger partial charge in [0.2, 0.25) is 0 Å². The molecule has 0 bridgehead atoms. The third-order valence-corrected chi connectivity index (χ3v) is 5.18. The molecule has 1 aliphatic rings. The number of nitrogens with one attached hydrogen (secondary N) is 2.